The van der Waals surface area contributed by atoms with E-state index in [4.69, 9.17) is 4.74 Å². The number of piperazine rings is 1. The second-order valence-corrected chi connectivity index (χ2v) is 8.57. The van der Waals surface area contributed by atoms with Gasteiger partial charge in [-0.15, -0.1) is 0 Å². The molecule has 1 aliphatic rings. The number of benzene rings is 4. The van der Waals surface area contributed by atoms with E-state index in [0.29, 0.717) is 0 Å². The fourth-order valence-corrected chi connectivity index (χ4v) is 4.44. The van der Waals surface area contributed by atoms with Gasteiger partial charge in [0.2, 0.25) is 0 Å². The highest BCUT2D eigenvalue weighted by Gasteiger charge is 2.18. The van der Waals surface area contributed by atoms with Crippen molar-refractivity contribution in [2.75, 3.05) is 31.1 Å². The Morgan fingerprint density at radius 2 is 1.32 bits per heavy atom. The number of carbonyl (C=O) groups is 1. The number of nitrogens with zero attached hydrogens (tertiary/aromatic N) is 2. The molecular weight excluding hydrogens is 420 g/mol. The van der Waals surface area contributed by atoms with Crippen molar-refractivity contribution in [3.63, 3.8) is 0 Å². The van der Waals surface area contributed by atoms with E-state index in [1.165, 1.54) is 22.4 Å². The van der Waals surface area contributed by atoms with Crippen LogP contribution in [0, 0.1) is 0 Å². The van der Waals surface area contributed by atoms with Gasteiger partial charge in [-0.2, -0.15) is 0 Å². The summed E-state index contributed by atoms with van der Waals surface area (Å²) >= 11 is 0. The average Bonchev–Trinajstić information content (AvgIpc) is 2.91. The van der Waals surface area contributed by atoms with Crippen LogP contribution in [0.25, 0.3) is 11.1 Å². The molecule has 5 rings (SSSR count). The molecule has 34 heavy (non-hydrogen) atoms. The zero-order valence-electron chi connectivity index (χ0n) is 19.1. The molecule has 0 unspecified atom stereocenters. The first-order valence-corrected chi connectivity index (χ1v) is 11.7. The van der Waals surface area contributed by atoms with E-state index in [0.717, 1.165) is 56.1 Å². The SMILES string of the molecule is O=Cc1ccc(N2CCN(Cc3ccccc3-c3ccc(Oc4ccccc4)cc3)CC2)cc1. The molecule has 4 heteroatoms. The number of aldehydes is 1. The fourth-order valence-electron chi connectivity index (χ4n) is 4.44. The highest BCUT2D eigenvalue weighted by atomic mass is 16.5. The summed E-state index contributed by atoms with van der Waals surface area (Å²) in [7, 11) is 0. The van der Waals surface area contributed by atoms with Crippen molar-refractivity contribution in [2.24, 2.45) is 0 Å². The van der Waals surface area contributed by atoms with E-state index >= 15 is 0 Å². The molecule has 170 valence electrons. The van der Waals surface area contributed by atoms with Crippen LogP contribution >= 0.6 is 0 Å². The number of ether oxygens (including phenoxy) is 1. The van der Waals surface area contributed by atoms with Gasteiger partial charge in [0.1, 0.15) is 17.8 Å². The van der Waals surface area contributed by atoms with Gasteiger partial charge in [-0.25, -0.2) is 0 Å². The normalized spacial score (nSPS) is 14.1. The summed E-state index contributed by atoms with van der Waals surface area (Å²) in [6, 6.07) is 34.7. The van der Waals surface area contributed by atoms with E-state index in [2.05, 4.69) is 46.2 Å². The smallest absolute Gasteiger partial charge is 0.150 e. The molecule has 1 fully saturated rings. The Kier molecular flexibility index (Phi) is 6.68. The van der Waals surface area contributed by atoms with Crippen LogP contribution in [0.4, 0.5) is 5.69 Å². The quantitative estimate of drug-likeness (QED) is 0.312. The first kappa shape index (κ1) is 21.9. The van der Waals surface area contributed by atoms with E-state index in [9.17, 15) is 4.79 Å². The third kappa shape index (κ3) is 5.19. The van der Waals surface area contributed by atoms with Crippen LogP contribution in [0.5, 0.6) is 11.5 Å². The first-order valence-electron chi connectivity index (χ1n) is 11.7. The third-order valence-corrected chi connectivity index (χ3v) is 6.32. The maximum Gasteiger partial charge on any atom is 0.150 e. The van der Waals surface area contributed by atoms with E-state index < -0.39 is 0 Å². The van der Waals surface area contributed by atoms with Gasteiger partial charge in [0.05, 0.1) is 0 Å². The number of carbonyl (C=O) groups excluding carboxylic acids is 1. The molecule has 0 radical (unpaired) electrons. The number of anilines is 1. The van der Waals surface area contributed by atoms with Crippen LogP contribution in [0.15, 0.2) is 103 Å². The molecule has 0 N–H and O–H groups in total. The highest BCUT2D eigenvalue weighted by Crippen LogP contribution is 2.29. The summed E-state index contributed by atoms with van der Waals surface area (Å²) in [5.74, 6) is 1.68. The largest absolute Gasteiger partial charge is 0.457 e. The van der Waals surface area contributed by atoms with Crippen LogP contribution in [0.2, 0.25) is 0 Å². The Morgan fingerprint density at radius 3 is 2.03 bits per heavy atom. The predicted octanol–water partition coefficient (Wildman–Crippen LogP) is 6.28. The number of hydrogen-bond donors (Lipinski definition) is 0. The van der Waals surface area contributed by atoms with Gasteiger partial charge in [-0.1, -0.05) is 54.6 Å². The molecule has 0 saturated carbocycles. The zero-order chi connectivity index (χ0) is 23.2. The summed E-state index contributed by atoms with van der Waals surface area (Å²) in [5.41, 5.74) is 5.70. The minimum atomic E-state index is 0.721. The lowest BCUT2D eigenvalue weighted by Crippen LogP contribution is -2.46. The fraction of sp³-hybridized carbons (Fsp3) is 0.167. The summed E-state index contributed by atoms with van der Waals surface area (Å²) in [5, 5.41) is 0. The van der Waals surface area contributed by atoms with Gasteiger partial charge in [-0.3, -0.25) is 9.69 Å². The molecule has 0 spiro atoms. The monoisotopic (exact) mass is 448 g/mol. The molecule has 0 bridgehead atoms. The van der Waals surface area contributed by atoms with Gasteiger partial charge in [0, 0.05) is 44.0 Å². The minimum absolute atomic E-state index is 0.721. The molecular formula is C30H28N2O2. The van der Waals surface area contributed by atoms with Crippen LogP contribution in [0.3, 0.4) is 0 Å². The van der Waals surface area contributed by atoms with Crippen LogP contribution in [-0.4, -0.2) is 37.4 Å². The van der Waals surface area contributed by atoms with Gasteiger partial charge < -0.3 is 9.64 Å². The van der Waals surface area contributed by atoms with Crippen molar-refractivity contribution in [1.29, 1.82) is 0 Å². The van der Waals surface area contributed by atoms with Gasteiger partial charge in [0.25, 0.3) is 0 Å². The third-order valence-electron chi connectivity index (χ3n) is 6.32. The summed E-state index contributed by atoms with van der Waals surface area (Å²) in [6.45, 7) is 4.90. The van der Waals surface area contributed by atoms with Crippen LogP contribution in [0.1, 0.15) is 15.9 Å². The lowest BCUT2D eigenvalue weighted by molar-refractivity contribution is 0.112. The Labute approximate surface area is 201 Å². The molecule has 0 aromatic heterocycles. The number of rotatable bonds is 7. The van der Waals surface area contributed by atoms with Crippen molar-refractivity contribution in [2.45, 2.75) is 6.54 Å². The highest BCUT2D eigenvalue weighted by molar-refractivity contribution is 5.75. The van der Waals surface area contributed by atoms with E-state index in [-0.39, 0.29) is 0 Å². The molecule has 1 aliphatic heterocycles. The van der Waals surface area contributed by atoms with Crippen molar-refractivity contribution in [1.82, 2.24) is 4.90 Å². The van der Waals surface area contributed by atoms with Crippen molar-refractivity contribution >= 4 is 12.0 Å². The van der Waals surface area contributed by atoms with Crippen LogP contribution in [-0.2, 0) is 6.54 Å². The molecule has 0 atom stereocenters. The summed E-state index contributed by atoms with van der Waals surface area (Å²) in [4.78, 5) is 15.8. The maximum absolute atomic E-state index is 10.9. The average molecular weight is 449 g/mol. The van der Waals surface area contributed by atoms with Crippen LogP contribution < -0.4 is 9.64 Å². The van der Waals surface area contributed by atoms with Crippen molar-refractivity contribution in [3.05, 3.63) is 114 Å². The molecule has 4 aromatic carbocycles. The molecule has 0 aliphatic carbocycles. The standard InChI is InChI=1S/C30H28N2O2/c33-23-24-10-14-27(15-11-24)32-20-18-31(19-21-32)22-26-6-4-5-9-30(26)25-12-16-29(17-13-25)34-28-7-2-1-3-8-28/h1-17,23H,18-22H2. The molecule has 1 heterocycles. The van der Waals surface area contributed by atoms with Crippen molar-refractivity contribution < 1.29 is 9.53 Å². The van der Waals surface area contributed by atoms with Gasteiger partial charge >= 0.3 is 0 Å². The van der Waals surface area contributed by atoms with Gasteiger partial charge in [-0.05, 0) is 65.2 Å². The number of para-hydroxylation sites is 1. The summed E-state index contributed by atoms with van der Waals surface area (Å²) in [6.07, 6.45) is 0.892. The Balaban J connectivity index is 1.23. The summed E-state index contributed by atoms with van der Waals surface area (Å²) < 4.78 is 5.95. The van der Waals surface area contributed by atoms with E-state index in [1.54, 1.807) is 0 Å². The Hall–Kier alpha value is -3.89. The second kappa shape index (κ2) is 10.4. The number of hydrogen-bond acceptors (Lipinski definition) is 4. The zero-order valence-corrected chi connectivity index (χ0v) is 19.1. The van der Waals surface area contributed by atoms with E-state index in [1.807, 2.05) is 66.7 Å². The molecule has 1 saturated heterocycles. The first-order chi connectivity index (χ1) is 16.8. The molecule has 4 nitrogen and oxygen atoms in total. The Morgan fingerprint density at radius 1 is 0.676 bits per heavy atom. The maximum atomic E-state index is 10.9. The topological polar surface area (TPSA) is 32.8 Å². The minimum Gasteiger partial charge on any atom is -0.457 e. The predicted molar refractivity (Wildman–Crippen MR) is 138 cm³/mol. The van der Waals surface area contributed by atoms with Crippen molar-refractivity contribution in [3.8, 4) is 22.6 Å². The second-order valence-electron chi connectivity index (χ2n) is 8.57. The Bertz CT molecular complexity index is 1210. The molecule has 0 amide bonds. The lowest BCUT2D eigenvalue weighted by atomic mass is 9.99. The lowest BCUT2D eigenvalue weighted by Gasteiger charge is -2.36. The van der Waals surface area contributed by atoms with Gasteiger partial charge in [0.15, 0.2) is 0 Å². The molecule has 4 aromatic rings.